The summed E-state index contributed by atoms with van der Waals surface area (Å²) in [5.41, 5.74) is 0.473. The van der Waals surface area contributed by atoms with Crippen LogP contribution in [-0.2, 0) is 11.3 Å². The first-order chi connectivity index (χ1) is 12.3. The van der Waals surface area contributed by atoms with Gasteiger partial charge in [0.05, 0.1) is 6.54 Å². The second-order valence-corrected chi connectivity index (χ2v) is 7.75. The summed E-state index contributed by atoms with van der Waals surface area (Å²) in [4.78, 5) is 20.7. The van der Waals surface area contributed by atoms with E-state index in [1.807, 2.05) is 51.1 Å². The zero-order valence-corrected chi connectivity index (χ0v) is 15.6. The molecule has 1 saturated heterocycles. The molecule has 1 aromatic heterocycles. The summed E-state index contributed by atoms with van der Waals surface area (Å²) in [6, 6.07) is 9.71. The fourth-order valence-corrected chi connectivity index (χ4v) is 2.88. The van der Waals surface area contributed by atoms with Crippen LogP contribution in [0.15, 0.2) is 34.9 Å². The number of carbonyl (C=O) groups is 1. The molecule has 7 nitrogen and oxygen atoms in total. The number of amides is 1. The molecule has 1 aromatic carbocycles. The Hall–Kier alpha value is -2.25. The molecule has 0 bridgehead atoms. The summed E-state index contributed by atoms with van der Waals surface area (Å²) in [7, 11) is 0. The van der Waals surface area contributed by atoms with Crippen molar-refractivity contribution in [3.8, 4) is 11.4 Å². The van der Waals surface area contributed by atoms with E-state index in [-0.39, 0.29) is 5.91 Å². The van der Waals surface area contributed by atoms with Crippen LogP contribution in [0.5, 0.6) is 0 Å². The maximum atomic E-state index is 12.4. The number of rotatable bonds is 4. The van der Waals surface area contributed by atoms with Crippen molar-refractivity contribution in [2.45, 2.75) is 33.4 Å². The van der Waals surface area contributed by atoms with Crippen molar-refractivity contribution in [3.05, 3.63) is 36.2 Å². The highest BCUT2D eigenvalue weighted by molar-refractivity contribution is 5.81. The Kier molecular flexibility index (Phi) is 5.38. The van der Waals surface area contributed by atoms with Gasteiger partial charge in [-0.25, -0.2) is 0 Å². The third-order valence-corrected chi connectivity index (χ3v) is 4.60. The first-order valence-corrected chi connectivity index (χ1v) is 8.92. The van der Waals surface area contributed by atoms with Crippen molar-refractivity contribution in [1.82, 2.24) is 19.9 Å². The normalized spacial score (nSPS) is 17.3. The van der Waals surface area contributed by atoms with Gasteiger partial charge in [0.1, 0.15) is 6.10 Å². The molecule has 1 aliphatic rings. The van der Waals surface area contributed by atoms with E-state index in [0.29, 0.717) is 44.4 Å². The summed E-state index contributed by atoms with van der Waals surface area (Å²) in [5, 5.41) is 14.2. The number of piperazine rings is 1. The number of aromatic nitrogens is 2. The molecule has 1 N–H and O–H groups in total. The Morgan fingerprint density at radius 3 is 2.46 bits per heavy atom. The molecule has 0 radical (unpaired) electrons. The zero-order valence-electron chi connectivity index (χ0n) is 15.6. The van der Waals surface area contributed by atoms with Crippen LogP contribution in [0.2, 0.25) is 0 Å². The maximum Gasteiger partial charge on any atom is 0.252 e. The second kappa shape index (κ2) is 7.55. The first-order valence-electron chi connectivity index (χ1n) is 8.92. The summed E-state index contributed by atoms with van der Waals surface area (Å²) in [5.74, 6) is 0.961. The largest absolute Gasteiger partial charge is 0.383 e. The molecule has 140 valence electrons. The minimum Gasteiger partial charge on any atom is -0.383 e. The number of benzene rings is 1. The molecule has 1 aliphatic heterocycles. The molecular weight excluding hydrogens is 332 g/mol. The molecule has 0 saturated carbocycles. The fraction of sp³-hybridized carbons (Fsp3) is 0.526. The monoisotopic (exact) mass is 358 g/mol. The molecule has 0 aliphatic carbocycles. The van der Waals surface area contributed by atoms with Crippen LogP contribution >= 0.6 is 0 Å². The van der Waals surface area contributed by atoms with Crippen molar-refractivity contribution in [1.29, 1.82) is 0 Å². The minimum atomic E-state index is -0.974. The van der Waals surface area contributed by atoms with Crippen LogP contribution in [0.3, 0.4) is 0 Å². The van der Waals surface area contributed by atoms with Crippen molar-refractivity contribution < 1.29 is 14.4 Å². The fourth-order valence-electron chi connectivity index (χ4n) is 2.88. The van der Waals surface area contributed by atoms with Crippen LogP contribution in [0, 0.1) is 5.41 Å². The van der Waals surface area contributed by atoms with Gasteiger partial charge in [-0.15, -0.1) is 0 Å². The van der Waals surface area contributed by atoms with E-state index >= 15 is 0 Å². The van der Waals surface area contributed by atoms with Gasteiger partial charge in [0.15, 0.2) is 0 Å². The van der Waals surface area contributed by atoms with E-state index in [4.69, 9.17) is 4.52 Å². The number of nitrogens with zero attached hydrogens (tertiary/aromatic N) is 4. The van der Waals surface area contributed by atoms with Crippen molar-refractivity contribution in [3.63, 3.8) is 0 Å². The molecule has 1 atom stereocenters. The van der Waals surface area contributed by atoms with Gasteiger partial charge < -0.3 is 14.5 Å². The van der Waals surface area contributed by atoms with Gasteiger partial charge in [-0.3, -0.25) is 9.69 Å². The number of carbonyl (C=O) groups excluding carboxylic acids is 1. The summed E-state index contributed by atoms with van der Waals surface area (Å²) in [6.45, 7) is 8.77. The molecule has 1 fully saturated rings. The van der Waals surface area contributed by atoms with E-state index in [2.05, 4.69) is 15.0 Å². The molecule has 2 aromatic rings. The van der Waals surface area contributed by atoms with Gasteiger partial charge in [0, 0.05) is 31.7 Å². The lowest BCUT2D eigenvalue weighted by atomic mass is 9.88. The standard InChI is InChI=1S/C19H26N4O3/c1-19(2,3)16(24)18(25)23-11-9-22(10-12-23)13-15-20-17(21-26-15)14-7-5-4-6-8-14/h4-8,16,24H,9-13H2,1-3H3. The molecule has 3 rings (SSSR count). The van der Waals surface area contributed by atoms with E-state index in [9.17, 15) is 9.90 Å². The first kappa shape index (κ1) is 18.5. The predicted octanol–water partition coefficient (Wildman–Crippen LogP) is 1.79. The number of hydrogen-bond donors (Lipinski definition) is 1. The molecule has 26 heavy (non-hydrogen) atoms. The number of hydrogen-bond acceptors (Lipinski definition) is 6. The van der Waals surface area contributed by atoms with Crippen LogP contribution in [-0.4, -0.2) is 63.2 Å². The van der Waals surface area contributed by atoms with Crippen LogP contribution < -0.4 is 0 Å². The van der Waals surface area contributed by atoms with E-state index in [0.717, 1.165) is 5.56 Å². The quantitative estimate of drug-likeness (QED) is 0.897. The molecule has 1 unspecified atom stereocenters. The molecule has 7 heteroatoms. The van der Waals surface area contributed by atoms with Crippen molar-refractivity contribution in [2.75, 3.05) is 26.2 Å². The Morgan fingerprint density at radius 1 is 1.19 bits per heavy atom. The number of aliphatic hydroxyl groups excluding tert-OH is 1. The zero-order chi connectivity index (χ0) is 18.7. The molecule has 0 spiro atoms. The molecule has 1 amide bonds. The van der Waals surface area contributed by atoms with Gasteiger partial charge >= 0.3 is 0 Å². The summed E-state index contributed by atoms with van der Waals surface area (Å²) >= 11 is 0. The lowest BCUT2D eigenvalue weighted by Crippen LogP contribution is -2.53. The summed E-state index contributed by atoms with van der Waals surface area (Å²) in [6.07, 6.45) is -0.974. The molecule has 2 heterocycles. The third kappa shape index (κ3) is 4.28. The van der Waals surface area contributed by atoms with Crippen LogP contribution in [0.4, 0.5) is 0 Å². The minimum absolute atomic E-state index is 0.193. The maximum absolute atomic E-state index is 12.4. The Bertz CT molecular complexity index is 731. The van der Waals surface area contributed by atoms with Gasteiger partial charge in [0.25, 0.3) is 5.91 Å². The lowest BCUT2D eigenvalue weighted by molar-refractivity contribution is -0.147. The van der Waals surface area contributed by atoms with Gasteiger partial charge in [-0.2, -0.15) is 4.98 Å². The highest BCUT2D eigenvalue weighted by Crippen LogP contribution is 2.22. The van der Waals surface area contributed by atoms with Crippen molar-refractivity contribution >= 4 is 5.91 Å². The SMILES string of the molecule is CC(C)(C)C(O)C(=O)N1CCN(Cc2nc(-c3ccccc3)no2)CC1. The summed E-state index contributed by atoms with van der Waals surface area (Å²) < 4.78 is 5.36. The third-order valence-electron chi connectivity index (χ3n) is 4.60. The van der Waals surface area contributed by atoms with E-state index in [1.165, 1.54) is 0 Å². The lowest BCUT2D eigenvalue weighted by Gasteiger charge is -2.37. The average molecular weight is 358 g/mol. The van der Waals surface area contributed by atoms with Gasteiger partial charge in [-0.1, -0.05) is 56.3 Å². The Balaban J connectivity index is 1.53. The Morgan fingerprint density at radius 2 is 1.85 bits per heavy atom. The highest BCUT2D eigenvalue weighted by Gasteiger charge is 2.34. The van der Waals surface area contributed by atoms with Gasteiger partial charge in [0.2, 0.25) is 11.7 Å². The smallest absolute Gasteiger partial charge is 0.252 e. The van der Waals surface area contributed by atoms with Gasteiger partial charge in [-0.05, 0) is 5.41 Å². The number of aliphatic hydroxyl groups is 1. The Labute approximate surface area is 153 Å². The average Bonchev–Trinajstić information content (AvgIpc) is 3.09. The van der Waals surface area contributed by atoms with E-state index < -0.39 is 11.5 Å². The second-order valence-electron chi connectivity index (χ2n) is 7.75. The van der Waals surface area contributed by atoms with Crippen LogP contribution in [0.1, 0.15) is 26.7 Å². The van der Waals surface area contributed by atoms with Crippen molar-refractivity contribution in [2.24, 2.45) is 5.41 Å². The predicted molar refractivity (Wildman–Crippen MR) is 97.1 cm³/mol. The topological polar surface area (TPSA) is 82.7 Å². The molecular formula is C19H26N4O3. The van der Waals surface area contributed by atoms with E-state index in [1.54, 1.807) is 4.90 Å². The highest BCUT2D eigenvalue weighted by atomic mass is 16.5. The van der Waals surface area contributed by atoms with Crippen LogP contribution in [0.25, 0.3) is 11.4 Å².